The van der Waals surface area contributed by atoms with E-state index >= 15 is 0 Å². The molecule has 0 saturated heterocycles. The number of hydrogen-bond acceptors (Lipinski definition) is 4. The highest BCUT2D eigenvalue weighted by Gasteiger charge is 2.03. The van der Waals surface area contributed by atoms with Gasteiger partial charge in [0.15, 0.2) is 6.61 Å². The van der Waals surface area contributed by atoms with E-state index in [1.807, 2.05) is 55.5 Å². The first-order valence-electron chi connectivity index (χ1n) is 8.05. The van der Waals surface area contributed by atoms with E-state index in [0.717, 1.165) is 16.7 Å². The van der Waals surface area contributed by atoms with Crippen LogP contribution in [0.5, 0.6) is 5.75 Å². The maximum absolute atomic E-state index is 11.9. The van der Waals surface area contributed by atoms with Crippen molar-refractivity contribution in [1.29, 1.82) is 0 Å². The van der Waals surface area contributed by atoms with Gasteiger partial charge in [0.05, 0.1) is 6.54 Å². The molecule has 0 fully saturated rings. The molecule has 3 aromatic rings. The monoisotopic (exact) mass is 336 g/mol. The Morgan fingerprint density at radius 3 is 2.68 bits per heavy atom. The zero-order chi connectivity index (χ0) is 17.5. The lowest BCUT2D eigenvalue weighted by Gasteiger charge is -2.09. The number of benzene rings is 2. The number of rotatable bonds is 7. The van der Waals surface area contributed by atoms with Crippen molar-refractivity contribution in [3.8, 4) is 5.75 Å². The van der Waals surface area contributed by atoms with Crippen LogP contribution in [-0.2, 0) is 17.9 Å². The fourth-order valence-electron chi connectivity index (χ4n) is 2.37. The highest BCUT2D eigenvalue weighted by atomic mass is 16.5. The van der Waals surface area contributed by atoms with Crippen molar-refractivity contribution in [1.82, 2.24) is 20.1 Å². The highest BCUT2D eigenvalue weighted by Crippen LogP contribution is 2.12. The van der Waals surface area contributed by atoms with Gasteiger partial charge in [0.2, 0.25) is 0 Å². The normalized spacial score (nSPS) is 10.4. The highest BCUT2D eigenvalue weighted by molar-refractivity contribution is 5.77. The van der Waals surface area contributed by atoms with E-state index in [9.17, 15) is 4.79 Å². The molecule has 0 spiro atoms. The number of carbonyl (C=O) groups is 1. The summed E-state index contributed by atoms with van der Waals surface area (Å²) in [5.74, 6) is 0.556. The van der Waals surface area contributed by atoms with Gasteiger partial charge in [-0.3, -0.25) is 4.79 Å². The smallest absolute Gasteiger partial charge is 0.258 e. The van der Waals surface area contributed by atoms with Gasteiger partial charge in [-0.05, 0) is 35.7 Å². The Kier molecular flexibility index (Phi) is 5.41. The molecule has 6 nitrogen and oxygen atoms in total. The molecule has 0 atom stereocenters. The topological polar surface area (TPSA) is 69.0 Å². The van der Waals surface area contributed by atoms with Gasteiger partial charge in [-0.2, -0.15) is 5.10 Å². The van der Waals surface area contributed by atoms with Crippen molar-refractivity contribution in [3.05, 3.63) is 77.9 Å². The van der Waals surface area contributed by atoms with Crippen molar-refractivity contribution in [2.75, 3.05) is 6.61 Å². The maximum atomic E-state index is 11.9. The van der Waals surface area contributed by atoms with E-state index in [-0.39, 0.29) is 12.5 Å². The largest absolute Gasteiger partial charge is 0.484 e. The third-order valence-electron chi connectivity index (χ3n) is 3.68. The summed E-state index contributed by atoms with van der Waals surface area (Å²) in [6.07, 6.45) is 3.20. The lowest BCUT2D eigenvalue weighted by molar-refractivity contribution is -0.123. The van der Waals surface area contributed by atoms with Crippen LogP contribution in [0.1, 0.15) is 16.7 Å². The van der Waals surface area contributed by atoms with Crippen molar-refractivity contribution in [3.63, 3.8) is 0 Å². The molecule has 1 N–H and O–H groups in total. The fourth-order valence-corrected chi connectivity index (χ4v) is 2.37. The summed E-state index contributed by atoms with van der Waals surface area (Å²) in [4.78, 5) is 15.8. The van der Waals surface area contributed by atoms with Crippen LogP contribution < -0.4 is 10.1 Å². The quantitative estimate of drug-likeness (QED) is 0.719. The summed E-state index contributed by atoms with van der Waals surface area (Å²) in [5.41, 5.74) is 3.26. The van der Waals surface area contributed by atoms with Gasteiger partial charge < -0.3 is 10.1 Å². The molecule has 1 heterocycles. The molecule has 25 heavy (non-hydrogen) atoms. The Morgan fingerprint density at radius 1 is 1.16 bits per heavy atom. The third-order valence-corrected chi connectivity index (χ3v) is 3.68. The van der Waals surface area contributed by atoms with Gasteiger partial charge in [0.1, 0.15) is 18.4 Å². The summed E-state index contributed by atoms with van der Waals surface area (Å²) in [5, 5.41) is 6.94. The molecule has 1 aromatic heterocycles. The summed E-state index contributed by atoms with van der Waals surface area (Å²) in [6.45, 7) is 3.14. The second kappa shape index (κ2) is 8.10. The van der Waals surface area contributed by atoms with Crippen LogP contribution in [0.15, 0.2) is 61.2 Å². The Morgan fingerprint density at radius 2 is 1.96 bits per heavy atom. The molecule has 0 aliphatic heterocycles. The SMILES string of the molecule is Cc1cccc(OCC(=O)NCc2ccc(Cn3cncn3)cc2)c1. The number of aromatic nitrogens is 3. The van der Waals surface area contributed by atoms with E-state index in [1.165, 1.54) is 6.33 Å². The lowest BCUT2D eigenvalue weighted by Crippen LogP contribution is -2.28. The van der Waals surface area contributed by atoms with E-state index in [1.54, 1.807) is 11.0 Å². The molecule has 128 valence electrons. The molecule has 0 saturated carbocycles. The van der Waals surface area contributed by atoms with Crippen molar-refractivity contribution in [2.24, 2.45) is 0 Å². The molecular weight excluding hydrogens is 316 g/mol. The first kappa shape index (κ1) is 16.7. The number of nitrogens with zero attached hydrogens (tertiary/aromatic N) is 3. The van der Waals surface area contributed by atoms with Crippen LogP contribution >= 0.6 is 0 Å². The molecule has 1 amide bonds. The number of amides is 1. The molecule has 0 unspecified atom stereocenters. The second-order valence-corrected chi connectivity index (χ2v) is 5.79. The zero-order valence-electron chi connectivity index (χ0n) is 14.1. The van der Waals surface area contributed by atoms with Gasteiger partial charge in [-0.25, -0.2) is 9.67 Å². The third kappa shape index (κ3) is 5.17. The number of hydrogen-bond donors (Lipinski definition) is 1. The van der Waals surface area contributed by atoms with Gasteiger partial charge in [0.25, 0.3) is 5.91 Å². The Hall–Kier alpha value is -3.15. The van der Waals surface area contributed by atoms with Gasteiger partial charge >= 0.3 is 0 Å². The van der Waals surface area contributed by atoms with Gasteiger partial charge in [0, 0.05) is 6.54 Å². The van der Waals surface area contributed by atoms with E-state index in [2.05, 4.69) is 15.4 Å². The molecule has 0 aliphatic rings. The van der Waals surface area contributed by atoms with E-state index in [4.69, 9.17) is 4.74 Å². The predicted molar refractivity (Wildman–Crippen MR) is 94.1 cm³/mol. The van der Waals surface area contributed by atoms with Crippen LogP contribution in [0.4, 0.5) is 0 Å². The van der Waals surface area contributed by atoms with Crippen molar-refractivity contribution in [2.45, 2.75) is 20.0 Å². The number of carbonyl (C=O) groups excluding carboxylic acids is 1. The Balaban J connectivity index is 1.44. The van der Waals surface area contributed by atoms with Crippen molar-refractivity contribution >= 4 is 5.91 Å². The number of nitrogens with one attached hydrogen (secondary N) is 1. The van der Waals surface area contributed by atoms with Crippen LogP contribution in [0.25, 0.3) is 0 Å². The summed E-state index contributed by atoms with van der Waals surface area (Å²) < 4.78 is 7.25. The zero-order valence-corrected chi connectivity index (χ0v) is 14.1. The van der Waals surface area contributed by atoms with Gasteiger partial charge in [-0.1, -0.05) is 36.4 Å². The molecule has 0 aliphatic carbocycles. The Bertz CT molecular complexity index is 814. The molecule has 2 aromatic carbocycles. The number of aryl methyl sites for hydroxylation is 1. The number of ether oxygens (including phenoxy) is 1. The van der Waals surface area contributed by atoms with Crippen molar-refractivity contribution < 1.29 is 9.53 Å². The standard InChI is InChI=1S/C19H20N4O2/c1-15-3-2-4-18(9-15)25-12-19(24)21-10-16-5-7-17(8-6-16)11-23-14-20-13-22-23/h2-9,13-14H,10-12H2,1H3,(H,21,24). The molecule has 0 bridgehead atoms. The van der Waals surface area contributed by atoms with Crippen LogP contribution in [0, 0.1) is 6.92 Å². The lowest BCUT2D eigenvalue weighted by atomic mass is 10.1. The molecule has 0 radical (unpaired) electrons. The van der Waals surface area contributed by atoms with E-state index < -0.39 is 0 Å². The fraction of sp³-hybridized carbons (Fsp3) is 0.211. The minimum Gasteiger partial charge on any atom is -0.484 e. The predicted octanol–water partition coefficient (Wildman–Crippen LogP) is 2.33. The summed E-state index contributed by atoms with van der Waals surface area (Å²) >= 11 is 0. The average Bonchev–Trinajstić information content (AvgIpc) is 3.12. The molecule has 3 rings (SSSR count). The summed E-state index contributed by atoms with van der Waals surface area (Å²) in [7, 11) is 0. The van der Waals surface area contributed by atoms with Crippen LogP contribution in [0.2, 0.25) is 0 Å². The van der Waals surface area contributed by atoms with E-state index in [0.29, 0.717) is 18.8 Å². The molecule has 6 heteroatoms. The first-order valence-corrected chi connectivity index (χ1v) is 8.05. The minimum absolute atomic E-state index is 0.00777. The van der Waals surface area contributed by atoms with Crippen LogP contribution in [0.3, 0.4) is 0 Å². The minimum atomic E-state index is -0.145. The second-order valence-electron chi connectivity index (χ2n) is 5.79. The average molecular weight is 336 g/mol. The maximum Gasteiger partial charge on any atom is 0.258 e. The summed E-state index contributed by atoms with van der Waals surface area (Å²) in [6, 6.07) is 15.7. The molecular formula is C19H20N4O2. The first-order chi connectivity index (χ1) is 12.2. The van der Waals surface area contributed by atoms with Crippen LogP contribution in [-0.4, -0.2) is 27.3 Å². The van der Waals surface area contributed by atoms with Gasteiger partial charge in [-0.15, -0.1) is 0 Å². The Labute approximate surface area is 146 Å².